The fraction of sp³-hybridized carbons (Fsp3) is 0.429. The second-order valence-corrected chi connectivity index (χ2v) is 4.83. The molecule has 3 heterocycles. The van der Waals surface area contributed by atoms with E-state index in [0.717, 1.165) is 36.8 Å². The van der Waals surface area contributed by atoms with Crippen molar-refractivity contribution in [1.29, 1.82) is 0 Å². The molecule has 0 radical (unpaired) electrons. The van der Waals surface area contributed by atoms with Gasteiger partial charge in [-0.05, 0) is 19.1 Å². The molecule has 1 aliphatic rings. The van der Waals surface area contributed by atoms with Gasteiger partial charge in [0.15, 0.2) is 0 Å². The third-order valence-electron chi connectivity index (χ3n) is 3.27. The van der Waals surface area contributed by atoms with Gasteiger partial charge in [-0.3, -0.25) is 4.98 Å². The molecule has 2 aromatic heterocycles. The number of pyridine rings is 1. The molecule has 5 nitrogen and oxygen atoms in total. The lowest BCUT2D eigenvalue weighted by molar-refractivity contribution is 0.00274. The fourth-order valence-electron chi connectivity index (χ4n) is 2.29. The summed E-state index contributed by atoms with van der Waals surface area (Å²) in [5.41, 5.74) is 2.12. The van der Waals surface area contributed by atoms with Crippen LogP contribution in [-0.2, 0) is 24.4 Å². The predicted octanol–water partition coefficient (Wildman–Crippen LogP) is 1.28. The zero-order valence-corrected chi connectivity index (χ0v) is 11.0. The zero-order valence-electron chi connectivity index (χ0n) is 11.0. The van der Waals surface area contributed by atoms with Crippen LogP contribution < -0.4 is 5.32 Å². The van der Waals surface area contributed by atoms with Gasteiger partial charge in [0.05, 0.1) is 18.3 Å². The minimum Gasteiger partial charge on any atom is -0.367 e. The zero-order chi connectivity index (χ0) is 13.1. The molecule has 0 bridgehead atoms. The lowest BCUT2D eigenvalue weighted by Gasteiger charge is -2.24. The Morgan fingerprint density at radius 3 is 3.32 bits per heavy atom. The fourth-order valence-corrected chi connectivity index (χ4v) is 2.29. The van der Waals surface area contributed by atoms with E-state index in [9.17, 15) is 0 Å². The molecule has 0 amide bonds. The van der Waals surface area contributed by atoms with E-state index in [-0.39, 0.29) is 6.10 Å². The Hall–Kier alpha value is -1.72. The Labute approximate surface area is 112 Å². The molecule has 0 saturated heterocycles. The molecule has 2 aromatic rings. The van der Waals surface area contributed by atoms with E-state index in [0.29, 0.717) is 6.61 Å². The summed E-state index contributed by atoms with van der Waals surface area (Å²) in [7, 11) is 0. The second-order valence-electron chi connectivity index (χ2n) is 4.83. The van der Waals surface area contributed by atoms with Gasteiger partial charge >= 0.3 is 0 Å². The highest BCUT2D eigenvalue weighted by molar-refractivity contribution is 5.09. The van der Waals surface area contributed by atoms with Gasteiger partial charge in [-0.15, -0.1) is 0 Å². The minimum atomic E-state index is 0.200. The maximum Gasteiger partial charge on any atom is 0.134 e. The number of aryl methyl sites for hydroxylation is 1. The van der Waals surface area contributed by atoms with Crippen molar-refractivity contribution in [2.24, 2.45) is 0 Å². The van der Waals surface area contributed by atoms with Gasteiger partial charge in [0.1, 0.15) is 12.4 Å². The molecular weight excluding hydrogens is 240 g/mol. The number of nitrogens with zero attached hydrogens (tertiary/aromatic N) is 3. The van der Waals surface area contributed by atoms with Gasteiger partial charge in [0.2, 0.25) is 0 Å². The van der Waals surface area contributed by atoms with Crippen molar-refractivity contribution < 1.29 is 4.74 Å². The molecule has 3 rings (SSSR count). The standard InChI is InChI=1S/C14H18N4O/c1-11-3-2-4-12(17-11)7-15-8-13-9-18-6-5-16-14(18)10-19-13/h2-6,13,15H,7-10H2,1H3. The number of nitrogens with one attached hydrogen (secondary N) is 1. The van der Waals surface area contributed by atoms with Crippen molar-refractivity contribution in [3.8, 4) is 0 Å². The molecule has 0 spiro atoms. The number of aromatic nitrogens is 3. The first kappa shape index (κ1) is 12.3. The van der Waals surface area contributed by atoms with Crippen LogP contribution in [0.2, 0.25) is 0 Å². The van der Waals surface area contributed by atoms with Gasteiger partial charge in [-0.1, -0.05) is 6.07 Å². The van der Waals surface area contributed by atoms with E-state index in [1.165, 1.54) is 0 Å². The number of rotatable bonds is 4. The van der Waals surface area contributed by atoms with Crippen LogP contribution in [0.25, 0.3) is 0 Å². The van der Waals surface area contributed by atoms with E-state index in [4.69, 9.17) is 4.74 Å². The molecule has 0 saturated carbocycles. The first-order valence-corrected chi connectivity index (χ1v) is 6.56. The van der Waals surface area contributed by atoms with E-state index in [2.05, 4.69) is 19.9 Å². The van der Waals surface area contributed by atoms with Crippen LogP contribution in [0.5, 0.6) is 0 Å². The van der Waals surface area contributed by atoms with Crippen LogP contribution in [0.15, 0.2) is 30.6 Å². The van der Waals surface area contributed by atoms with Crippen LogP contribution >= 0.6 is 0 Å². The molecule has 1 N–H and O–H groups in total. The summed E-state index contributed by atoms with van der Waals surface area (Å²) >= 11 is 0. The topological polar surface area (TPSA) is 52.0 Å². The smallest absolute Gasteiger partial charge is 0.134 e. The Bertz CT molecular complexity index is 552. The normalized spacial score (nSPS) is 18.3. The molecule has 5 heteroatoms. The highest BCUT2D eigenvalue weighted by atomic mass is 16.5. The van der Waals surface area contributed by atoms with Crippen molar-refractivity contribution >= 4 is 0 Å². The number of hydrogen-bond acceptors (Lipinski definition) is 4. The monoisotopic (exact) mass is 258 g/mol. The molecule has 0 fully saturated rings. The molecule has 1 atom stereocenters. The maximum absolute atomic E-state index is 5.76. The average Bonchev–Trinajstić information content (AvgIpc) is 2.86. The van der Waals surface area contributed by atoms with E-state index >= 15 is 0 Å². The summed E-state index contributed by atoms with van der Waals surface area (Å²) in [6.07, 6.45) is 4.03. The SMILES string of the molecule is Cc1cccc(CNCC2Cn3ccnc3CO2)n1. The van der Waals surface area contributed by atoms with Crippen molar-refractivity contribution in [2.75, 3.05) is 6.54 Å². The Kier molecular flexibility index (Phi) is 3.57. The van der Waals surface area contributed by atoms with Crippen LogP contribution in [0.3, 0.4) is 0 Å². The number of fused-ring (bicyclic) bond motifs is 1. The highest BCUT2D eigenvalue weighted by Crippen LogP contribution is 2.11. The summed E-state index contributed by atoms with van der Waals surface area (Å²) in [4.78, 5) is 8.70. The average molecular weight is 258 g/mol. The largest absolute Gasteiger partial charge is 0.367 e. The van der Waals surface area contributed by atoms with Crippen LogP contribution in [-0.4, -0.2) is 27.2 Å². The Balaban J connectivity index is 1.49. The molecule has 19 heavy (non-hydrogen) atoms. The lowest BCUT2D eigenvalue weighted by Crippen LogP contribution is -2.36. The van der Waals surface area contributed by atoms with Gasteiger partial charge in [-0.2, -0.15) is 0 Å². The minimum absolute atomic E-state index is 0.200. The number of imidazole rings is 1. The van der Waals surface area contributed by atoms with Gasteiger partial charge in [0.25, 0.3) is 0 Å². The molecule has 1 aliphatic heterocycles. The summed E-state index contributed by atoms with van der Waals surface area (Å²) < 4.78 is 7.91. The van der Waals surface area contributed by atoms with Gasteiger partial charge in [0, 0.05) is 31.2 Å². The Morgan fingerprint density at radius 2 is 2.42 bits per heavy atom. The van der Waals surface area contributed by atoms with E-state index in [1.54, 1.807) is 0 Å². The quantitative estimate of drug-likeness (QED) is 0.897. The summed E-state index contributed by atoms with van der Waals surface area (Å²) in [5.74, 6) is 1.01. The van der Waals surface area contributed by atoms with Gasteiger partial charge < -0.3 is 14.6 Å². The van der Waals surface area contributed by atoms with Crippen LogP contribution in [0.1, 0.15) is 17.2 Å². The number of ether oxygens (including phenoxy) is 1. The maximum atomic E-state index is 5.76. The third-order valence-corrected chi connectivity index (χ3v) is 3.27. The first-order valence-electron chi connectivity index (χ1n) is 6.56. The van der Waals surface area contributed by atoms with E-state index < -0.39 is 0 Å². The summed E-state index contributed by atoms with van der Waals surface area (Å²) in [6.45, 7) is 5.07. The number of hydrogen-bond donors (Lipinski definition) is 1. The van der Waals surface area contributed by atoms with Crippen molar-refractivity contribution in [3.05, 3.63) is 47.8 Å². The predicted molar refractivity (Wildman–Crippen MR) is 71.5 cm³/mol. The third kappa shape index (κ3) is 3.00. The highest BCUT2D eigenvalue weighted by Gasteiger charge is 2.18. The molecule has 1 unspecified atom stereocenters. The summed E-state index contributed by atoms with van der Waals surface area (Å²) in [5, 5.41) is 3.40. The van der Waals surface area contributed by atoms with E-state index in [1.807, 2.05) is 37.5 Å². The second kappa shape index (κ2) is 5.50. The van der Waals surface area contributed by atoms with Gasteiger partial charge in [-0.25, -0.2) is 4.98 Å². The molecule has 0 aromatic carbocycles. The summed E-state index contributed by atoms with van der Waals surface area (Å²) in [6, 6.07) is 6.08. The first-order chi connectivity index (χ1) is 9.31. The van der Waals surface area contributed by atoms with Crippen molar-refractivity contribution in [3.63, 3.8) is 0 Å². The van der Waals surface area contributed by atoms with Crippen LogP contribution in [0, 0.1) is 6.92 Å². The van der Waals surface area contributed by atoms with Crippen molar-refractivity contribution in [1.82, 2.24) is 19.9 Å². The lowest BCUT2D eigenvalue weighted by atomic mass is 10.3. The molecular formula is C14H18N4O. The van der Waals surface area contributed by atoms with Crippen molar-refractivity contribution in [2.45, 2.75) is 32.7 Å². The Morgan fingerprint density at radius 1 is 1.47 bits per heavy atom. The molecule has 100 valence electrons. The van der Waals surface area contributed by atoms with Crippen LogP contribution in [0.4, 0.5) is 0 Å². The molecule has 0 aliphatic carbocycles.